The summed E-state index contributed by atoms with van der Waals surface area (Å²) in [6.07, 6.45) is 12.6. The van der Waals surface area contributed by atoms with Gasteiger partial charge in [-0.15, -0.1) is 0 Å². The average molecular weight is 482 g/mol. The molecule has 3 unspecified atom stereocenters. The molecule has 0 amide bonds. The molecule has 0 radical (unpaired) electrons. The Balaban J connectivity index is 4.18. The molecule has 34 heavy (non-hydrogen) atoms. The maximum Gasteiger partial charge on any atom is 0.306 e. The number of allylic oxidation sites excluding steroid dienone is 5. The molecule has 0 spiro atoms. The van der Waals surface area contributed by atoms with Crippen molar-refractivity contribution in [2.45, 2.75) is 63.3 Å². The first kappa shape index (κ1) is 31.2. The molecule has 0 saturated heterocycles. The van der Waals surface area contributed by atoms with Crippen LogP contribution in [0.5, 0.6) is 0 Å². The van der Waals surface area contributed by atoms with Crippen molar-refractivity contribution in [3.8, 4) is 0 Å². The first-order valence-corrected chi connectivity index (χ1v) is 11.3. The lowest BCUT2D eigenvalue weighted by atomic mass is 10.1. The Morgan fingerprint density at radius 1 is 0.941 bits per heavy atom. The van der Waals surface area contributed by atoms with Crippen LogP contribution in [0.1, 0.15) is 44.9 Å². The Morgan fingerprint density at radius 3 is 2.12 bits per heavy atom. The van der Waals surface area contributed by atoms with Gasteiger partial charge >= 0.3 is 11.9 Å². The molecule has 9 nitrogen and oxygen atoms in total. The van der Waals surface area contributed by atoms with Crippen LogP contribution in [0.15, 0.2) is 48.6 Å². The zero-order valence-corrected chi connectivity index (χ0v) is 20.3. The second-order valence-electron chi connectivity index (χ2n) is 8.98. The van der Waals surface area contributed by atoms with Gasteiger partial charge in [-0.25, -0.2) is 0 Å². The fourth-order valence-corrected chi connectivity index (χ4v) is 2.89. The van der Waals surface area contributed by atoms with E-state index in [2.05, 4.69) is 0 Å². The molecule has 0 rings (SSSR count). The number of quaternary nitrogens is 1. The van der Waals surface area contributed by atoms with Gasteiger partial charge in [0.15, 0.2) is 6.10 Å². The van der Waals surface area contributed by atoms with Gasteiger partial charge in [0.2, 0.25) is 0 Å². The molecular weight excluding hydrogens is 442 g/mol. The summed E-state index contributed by atoms with van der Waals surface area (Å²) in [5.74, 6) is -2.62. The number of hydrogen-bond donors (Lipinski definition) is 3. The van der Waals surface area contributed by atoms with Crippen LogP contribution in [-0.4, -0.2) is 83.7 Å². The Kier molecular flexibility index (Phi) is 16.3. The van der Waals surface area contributed by atoms with E-state index in [0.717, 1.165) is 0 Å². The molecule has 192 valence electrons. The van der Waals surface area contributed by atoms with E-state index in [1.807, 2.05) is 21.1 Å². The van der Waals surface area contributed by atoms with Crippen LogP contribution >= 0.6 is 0 Å². The second kappa shape index (κ2) is 17.7. The van der Waals surface area contributed by atoms with Gasteiger partial charge in [-0.2, -0.15) is 0 Å². The summed E-state index contributed by atoms with van der Waals surface area (Å²) in [4.78, 5) is 33.3. The Bertz CT molecular complexity index is 734. The average Bonchev–Trinajstić information content (AvgIpc) is 2.68. The fraction of sp³-hybridized carbons (Fsp3) is 0.560. The van der Waals surface area contributed by atoms with E-state index >= 15 is 0 Å². The van der Waals surface area contributed by atoms with Crippen molar-refractivity contribution in [3.63, 3.8) is 0 Å². The van der Waals surface area contributed by atoms with E-state index in [1.54, 1.807) is 48.6 Å². The molecule has 0 aromatic carbocycles. The van der Waals surface area contributed by atoms with Gasteiger partial charge in [0, 0.05) is 25.2 Å². The molecule has 0 aliphatic heterocycles. The first-order valence-electron chi connectivity index (χ1n) is 11.3. The summed E-state index contributed by atoms with van der Waals surface area (Å²) in [6.45, 7) is 0.367. The van der Waals surface area contributed by atoms with Gasteiger partial charge in [-0.3, -0.25) is 9.59 Å². The molecule has 0 aliphatic carbocycles. The lowest BCUT2D eigenvalue weighted by Crippen LogP contribution is -2.45. The molecule has 0 saturated carbocycles. The summed E-state index contributed by atoms with van der Waals surface area (Å²) < 4.78 is 5.73. The fourth-order valence-electron chi connectivity index (χ4n) is 2.89. The molecule has 0 aliphatic rings. The van der Waals surface area contributed by atoms with Crippen LogP contribution in [0, 0.1) is 0 Å². The standard InChI is InChI=1S/C25H39NO8/c1-26(2,3)19-22(18-24(31)32)34-25(33)17-10-6-9-14-20(27)12-7-4-5-8-13-21(28)15-11-16-23(29)30/h4-9,12-13,20-22,27-28H,10-11,14-19H2,1-3H3,(H-,29,30,31,32)/b5-4+,9-6-,12-7+,13-8+. The number of likely N-dealkylation sites (N-methyl/N-ethyl adjacent to an activating group) is 1. The third kappa shape index (κ3) is 21.1. The van der Waals surface area contributed by atoms with Crippen LogP contribution in [0.2, 0.25) is 0 Å². The molecule has 3 atom stereocenters. The number of carboxylic acid groups (broad SMARTS) is 2. The second-order valence-corrected chi connectivity index (χ2v) is 8.98. The number of carbonyl (C=O) groups excluding carboxylic acids is 2. The number of nitrogens with zero attached hydrogens (tertiary/aromatic N) is 1. The number of aliphatic hydroxyl groups is 2. The monoisotopic (exact) mass is 481 g/mol. The number of esters is 1. The highest BCUT2D eigenvalue weighted by Crippen LogP contribution is 2.08. The van der Waals surface area contributed by atoms with E-state index in [4.69, 9.17) is 9.84 Å². The lowest BCUT2D eigenvalue weighted by Gasteiger charge is -2.29. The van der Waals surface area contributed by atoms with Crippen LogP contribution < -0.4 is 5.11 Å². The minimum atomic E-state index is -1.26. The van der Waals surface area contributed by atoms with Crippen molar-refractivity contribution in [3.05, 3.63) is 48.6 Å². The topological polar surface area (TPSA) is 144 Å². The number of aliphatic carboxylic acids is 2. The molecule has 0 heterocycles. The number of aliphatic hydroxyl groups excluding tert-OH is 2. The van der Waals surface area contributed by atoms with E-state index in [9.17, 15) is 29.7 Å². The highest BCUT2D eigenvalue weighted by atomic mass is 16.5. The summed E-state index contributed by atoms with van der Waals surface area (Å²) >= 11 is 0. The van der Waals surface area contributed by atoms with Crippen molar-refractivity contribution in [1.29, 1.82) is 0 Å². The summed E-state index contributed by atoms with van der Waals surface area (Å²) in [5.41, 5.74) is 0. The minimum Gasteiger partial charge on any atom is -0.550 e. The van der Waals surface area contributed by atoms with Crippen molar-refractivity contribution >= 4 is 17.9 Å². The molecule has 0 bridgehead atoms. The van der Waals surface area contributed by atoms with E-state index in [0.29, 0.717) is 36.7 Å². The molecule has 3 N–H and O–H groups in total. The predicted octanol–water partition coefficient (Wildman–Crippen LogP) is 1.12. The van der Waals surface area contributed by atoms with Crippen molar-refractivity contribution < 1.29 is 44.0 Å². The third-order valence-electron chi connectivity index (χ3n) is 4.39. The quantitative estimate of drug-likeness (QED) is 0.114. The normalized spacial score (nSPS) is 15.3. The maximum atomic E-state index is 12.0. The van der Waals surface area contributed by atoms with E-state index in [1.165, 1.54) is 0 Å². The molecule has 9 heteroatoms. The Hall–Kier alpha value is -2.75. The number of rotatable bonds is 18. The van der Waals surface area contributed by atoms with Gasteiger partial charge in [-0.05, 0) is 25.7 Å². The highest BCUT2D eigenvalue weighted by molar-refractivity contribution is 5.71. The number of carboxylic acids is 2. The Labute approximate surface area is 201 Å². The van der Waals surface area contributed by atoms with Gasteiger partial charge in [-0.1, -0.05) is 48.6 Å². The first-order chi connectivity index (χ1) is 15.9. The van der Waals surface area contributed by atoms with Crippen LogP contribution in [0.25, 0.3) is 0 Å². The van der Waals surface area contributed by atoms with Gasteiger partial charge in [0.05, 0.1) is 33.4 Å². The number of hydrogen-bond acceptors (Lipinski definition) is 7. The van der Waals surface area contributed by atoms with E-state index < -0.39 is 36.2 Å². The summed E-state index contributed by atoms with van der Waals surface area (Å²) in [6, 6.07) is 0. The largest absolute Gasteiger partial charge is 0.550 e. The van der Waals surface area contributed by atoms with E-state index in [-0.39, 0.29) is 19.3 Å². The summed E-state index contributed by atoms with van der Waals surface area (Å²) in [5, 5.41) is 39.0. The van der Waals surface area contributed by atoms with Crippen LogP contribution in [0.3, 0.4) is 0 Å². The third-order valence-corrected chi connectivity index (χ3v) is 4.39. The van der Waals surface area contributed by atoms with Gasteiger partial charge in [0.25, 0.3) is 0 Å². The van der Waals surface area contributed by atoms with Gasteiger partial charge in [0.1, 0.15) is 6.54 Å². The minimum absolute atomic E-state index is 0.0297. The molecular formula is C25H39NO8. The van der Waals surface area contributed by atoms with Gasteiger partial charge < -0.3 is 34.4 Å². The molecule has 0 aromatic rings. The molecule has 0 fully saturated rings. The highest BCUT2D eigenvalue weighted by Gasteiger charge is 2.22. The SMILES string of the molecule is C[N+](C)(C)CC(CC(=O)[O-])OC(=O)CC/C=C\CC(O)/C=C/C=C/C=C/C(O)CCCC(=O)O. The predicted molar refractivity (Wildman–Crippen MR) is 126 cm³/mol. The zero-order chi connectivity index (χ0) is 26.0. The maximum absolute atomic E-state index is 12.0. The van der Waals surface area contributed by atoms with Crippen molar-refractivity contribution in [2.24, 2.45) is 0 Å². The van der Waals surface area contributed by atoms with Crippen LogP contribution in [0.4, 0.5) is 0 Å². The smallest absolute Gasteiger partial charge is 0.306 e. The van der Waals surface area contributed by atoms with Crippen molar-refractivity contribution in [1.82, 2.24) is 0 Å². The Morgan fingerprint density at radius 2 is 1.56 bits per heavy atom. The number of ether oxygens (including phenoxy) is 1. The lowest BCUT2D eigenvalue weighted by molar-refractivity contribution is -0.873. The number of carbonyl (C=O) groups is 3. The van der Waals surface area contributed by atoms with Crippen molar-refractivity contribution in [2.75, 3.05) is 27.7 Å². The molecule has 0 aromatic heterocycles. The van der Waals surface area contributed by atoms with Crippen LogP contribution in [-0.2, 0) is 19.1 Å². The summed E-state index contributed by atoms with van der Waals surface area (Å²) in [7, 11) is 5.63. The zero-order valence-electron chi connectivity index (χ0n) is 20.3.